The molecule has 0 atom stereocenters. The average molecular weight is 472 g/mol. The Morgan fingerprint density at radius 1 is 1.12 bits per heavy atom. The molecule has 0 bridgehead atoms. The Labute approximate surface area is 187 Å². The highest BCUT2D eigenvalue weighted by Crippen LogP contribution is 2.36. The maximum atomic E-state index is 13.4. The lowest BCUT2D eigenvalue weighted by Gasteiger charge is -2.22. The summed E-state index contributed by atoms with van der Waals surface area (Å²) in [5.74, 6) is 0.123. The molecule has 3 heterocycles. The number of aryl methyl sites for hydroxylation is 1. The Morgan fingerprint density at radius 2 is 1.78 bits per heavy atom. The SMILES string of the molecule is Cc1nsc2ncc(C(=O)NO)c(N(C)S(=O)(=O)c3ccc(Oc4ccncc4)cc3)c12. The van der Waals surface area contributed by atoms with Crippen LogP contribution in [-0.2, 0) is 10.0 Å². The lowest BCUT2D eigenvalue weighted by atomic mass is 10.1. The van der Waals surface area contributed by atoms with Gasteiger partial charge in [-0.2, -0.15) is 4.37 Å². The van der Waals surface area contributed by atoms with Crippen molar-refractivity contribution in [2.45, 2.75) is 11.8 Å². The van der Waals surface area contributed by atoms with E-state index in [4.69, 9.17) is 9.94 Å². The van der Waals surface area contributed by atoms with Crippen LogP contribution in [0.1, 0.15) is 16.1 Å². The molecule has 164 valence electrons. The van der Waals surface area contributed by atoms with E-state index in [0.29, 0.717) is 27.4 Å². The summed E-state index contributed by atoms with van der Waals surface area (Å²) in [6.45, 7) is 1.69. The molecule has 10 nitrogen and oxygen atoms in total. The van der Waals surface area contributed by atoms with E-state index >= 15 is 0 Å². The van der Waals surface area contributed by atoms with Gasteiger partial charge in [0.2, 0.25) is 0 Å². The van der Waals surface area contributed by atoms with Gasteiger partial charge in [0.05, 0.1) is 27.2 Å². The molecule has 0 aliphatic carbocycles. The number of aromatic nitrogens is 3. The van der Waals surface area contributed by atoms with Crippen LogP contribution in [-0.4, -0.2) is 40.9 Å². The molecule has 0 fully saturated rings. The number of benzene rings is 1. The highest BCUT2D eigenvalue weighted by atomic mass is 32.2. The van der Waals surface area contributed by atoms with Crippen molar-refractivity contribution in [3.63, 3.8) is 0 Å². The summed E-state index contributed by atoms with van der Waals surface area (Å²) < 4.78 is 37.7. The Kier molecular flexibility index (Phi) is 5.74. The van der Waals surface area contributed by atoms with Gasteiger partial charge in [0.25, 0.3) is 15.9 Å². The smallest absolute Gasteiger partial charge is 0.278 e. The van der Waals surface area contributed by atoms with Gasteiger partial charge in [-0.05, 0) is 54.9 Å². The van der Waals surface area contributed by atoms with E-state index in [0.717, 1.165) is 15.8 Å². The lowest BCUT2D eigenvalue weighted by molar-refractivity contribution is 0.0707. The molecule has 0 aliphatic rings. The van der Waals surface area contributed by atoms with E-state index in [-0.39, 0.29) is 16.1 Å². The van der Waals surface area contributed by atoms with Crippen molar-refractivity contribution >= 4 is 43.4 Å². The molecule has 1 amide bonds. The molecule has 3 aromatic heterocycles. The Balaban J connectivity index is 1.74. The molecule has 0 aliphatic heterocycles. The Bertz CT molecular complexity index is 1390. The summed E-state index contributed by atoms with van der Waals surface area (Å²) in [7, 11) is -2.75. The molecule has 0 spiro atoms. The number of amides is 1. The first-order chi connectivity index (χ1) is 15.3. The van der Waals surface area contributed by atoms with Gasteiger partial charge < -0.3 is 4.74 Å². The van der Waals surface area contributed by atoms with E-state index in [9.17, 15) is 13.2 Å². The van der Waals surface area contributed by atoms with E-state index in [1.807, 2.05) is 0 Å². The summed E-state index contributed by atoms with van der Waals surface area (Å²) in [6.07, 6.45) is 4.37. The predicted octanol–water partition coefficient (Wildman–Crippen LogP) is 3.13. The number of pyridine rings is 2. The fraction of sp³-hybridized carbons (Fsp3) is 0.100. The van der Waals surface area contributed by atoms with Crippen LogP contribution in [0, 0.1) is 6.92 Å². The van der Waals surface area contributed by atoms with Crippen molar-refractivity contribution < 1.29 is 23.2 Å². The second-order valence-corrected chi connectivity index (χ2v) is 9.36. The monoisotopic (exact) mass is 471 g/mol. The van der Waals surface area contributed by atoms with Crippen molar-refractivity contribution in [2.75, 3.05) is 11.4 Å². The van der Waals surface area contributed by atoms with E-state index in [2.05, 4.69) is 14.3 Å². The van der Waals surface area contributed by atoms with Crippen molar-refractivity contribution in [3.8, 4) is 11.5 Å². The van der Waals surface area contributed by atoms with Gasteiger partial charge in [0, 0.05) is 25.6 Å². The van der Waals surface area contributed by atoms with Gasteiger partial charge in [-0.3, -0.25) is 19.3 Å². The second kappa shape index (κ2) is 8.49. The topological polar surface area (TPSA) is 135 Å². The number of hydroxylamine groups is 1. The third kappa shape index (κ3) is 3.86. The van der Waals surface area contributed by atoms with Gasteiger partial charge >= 0.3 is 0 Å². The summed E-state index contributed by atoms with van der Waals surface area (Å²) in [6, 6.07) is 9.23. The maximum Gasteiger partial charge on any atom is 0.278 e. The molecule has 2 N–H and O–H groups in total. The van der Waals surface area contributed by atoms with Crippen LogP contribution in [0.15, 0.2) is 59.9 Å². The molecule has 0 unspecified atom stereocenters. The minimum atomic E-state index is -4.08. The Hall–Kier alpha value is -3.61. The first kappa shape index (κ1) is 21.6. The number of fused-ring (bicyclic) bond motifs is 1. The molecule has 0 saturated carbocycles. The predicted molar refractivity (Wildman–Crippen MR) is 118 cm³/mol. The molecule has 32 heavy (non-hydrogen) atoms. The standard InChI is InChI=1S/C20H17N5O5S2/c1-12-17-18(16(19(26)23-27)11-22-20(17)31-24-12)25(2)32(28,29)15-5-3-13(4-6-15)30-14-7-9-21-10-8-14/h3-11,27H,1-2H3,(H,23,26). The summed E-state index contributed by atoms with van der Waals surface area (Å²) >= 11 is 1.09. The molecule has 4 aromatic rings. The van der Waals surface area contributed by atoms with Gasteiger partial charge in [-0.15, -0.1) is 0 Å². The second-order valence-electron chi connectivity index (χ2n) is 6.64. The number of rotatable bonds is 6. The van der Waals surface area contributed by atoms with Crippen LogP contribution in [0.25, 0.3) is 10.2 Å². The normalized spacial score (nSPS) is 11.3. The quantitative estimate of drug-likeness (QED) is 0.323. The van der Waals surface area contributed by atoms with Crippen LogP contribution in [0.4, 0.5) is 5.69 Å². The van der Waals surface area contributed by atoms with Crippen molar-refractivity contribution in [1.29, 1.82) is 0 Å². The summed E-state index contributed by atoms with van der Waals surface area (Å²) in [5.41, 5.74) is 2.02. The third-order valence-corrected chi connectivity index (χ3v) is 7.30. The number of nitrogens with zero attached hydrogens (tertiary/aromatic N) is 4. The fourth-order valence-corrected chi connectivity index (χ4v) is 5.07. The van der Waals surface area contributed by atoms with Crippen molar-refractivity contribution in [2.24, 2.45) is 0 Å². The largest absolute Gasteiger partial charge is 0.457 e. The van der Waals surface area contributed by atoms with Crippen molar-refractivity contribution in [3.05, 3.63) is 66.2 Å². The Morgan fingerprint density at radius 3 is 2.44 bits per heavy atom. The molecular weight excluding hydrogens is 454 g/mol. The summed E-state index contributed by atoms with van der Waals surface area (Å²) in [4.78, 5) is 20.8. The van der Waals surface area contributed by atoms with E-state index < -0.39 is 15.9 Å². The number of sulfonamides is 1. The van der Waals surface area contributed by atoms with Gasteiger partial charge in [-0.1, -0.05) is 0 Å². The van der Waals surface area contributed by atoms with Crippen LogP contribution >= 0.6 is 11.5 Å². The van der Waals surface area contributed by atoms with Crippen LogP contribution in [0.3, 0.4) is 0 Å². The third-order valence-electron chi connectivity index (χ3n) is 4.68. The zero-order valence-electron chi connectivity index (χ0n) is 16.9. The number of nitrogens with one attached hydrogen (secondary N) is 1. The van der Waals surface area contributed by atoms with Crippen LogP contribution < -0.4 is 14.5 Å². The molecule has 4 rings (SSSR count). The number of hydrogen-bond acceptors (Lipinski definition) is 9. The molecule has 1 aromatic carbocycles. The van der Waals surface area contributed by atoms with Gasteiger partial charge in [0.15, 0.2) is 0 Å². The number of anilines is 1. The first-order valence-electron chi connectivity index (χ1n) is 9.19. The van der Waals surface area contributed by atoms with Gasteiger partial charge in [0.1, 0.15) is 16.3 Å². The van der Waals surface area contributed by atoms with E-state index in [1.165, 1.54) is 43.0 Å². The van der Waals surface area contributed by atoms with Crippen LogP contribution in [0.5, 0.6) is 11.5 Å². The van der Waals surface area contributed by atoms with Crippen molar-refractivity contribution in [1.82, 2.24) is 19.8 Å². The average Bonchev–Trinajstić information content (AvgIpc) is 3.19. The van der Waals surface area contributed by atoms with E-state index in [1.54, 1.807) is 31.5 Å². The fourth-order valence-electron chi connectivity index (χ4n) is 3.09. The molecule has 12 heteroatoms. The van der Waals surface area contributed by atoms with Gasteiger partial charge in [-0.25, -0.2) is 18.9 Å². The zero-order chi connectivity index (χ0) is 22.9. The zero-order valence-corrected chi connectivity index (χ0v) is 18.5. The minimum absolute atomic E-state index is 0.0109. The number of carbonyl (C=O) groups is 1. The maximum absolute atomic E-state index is 13.4. The number of carbonyl (C=O) groups excluding carboxylic acids is 1. The minimum Gasteiger partial charge on any atom is -0.457 e. The number of hydrogen-bond donors (Lipinski definition) is 2. The van der Waals surface area contributed by atoms with Crippen LogP contribution in [0.2, 0.25) is 0 Å². The number of ether oxygens (including phenoxy) is 1. The highest BCUT2D eigenvalue weighted by Gasteiger charge is 2.29. The molecule has 0 radical (unpaired) electrons. The lowest BCUT2D eigenvalue weighted by Crippen LogP contribution is -2.30. The highest BCUT2D eigenvalue weighted by molar-refractivity contribution is 7.92. The first-order valence-corrected chi connectivity index (χ1v) is 11.4. The summed E-state index contributed by atoms with van der Waals surface area (Å²) in [5, 5.41) is 9.55. The molecular formula is C20H17N5O5S2. The molecule has 0 saturated heterocycles.